The third-order valence-corrected chi connectivity index (χ3v) is 4.75. The maximum absolute atomic E-state index is 13.3. The number of nitrogens with zero attached hydrogens (tertiary/aromatic N) is 2. The summed E-state index contributed by atoms with van der Waals surface area (Å²) in [4.78, 5) is 16.6. The fraction of sp³-hybridized carbons (Fsp3) is 0.316. The summed E-state index contributed by atoms with van der Waals surface area (Å²) >= 11 is 5.84. The molecule has 2 aromatic rings. The molecule has 1 heterocycles. The highest BCUT2D eigenvalue weighted by Crippen LogP contribution is 2.26. The van der Waals surface area contributed by atoms with Gasteiger partial charge in [-0.1, -0.05) is 41.4 Å². The van der Waals surface area contributed by atoms with E-state index in [2.05, 4.69) is 30.0 Å². The van der Waals surface area contributed by atoms with Crippen molar-refractivity contribution in [1.82, 2.24) is 4.90 Å². The second-order valence-corrected chi connectivity index (χ2v) is 6.63. The Morgan fingerprint density at radius 3 is 2.71 bits per heavy atom. The van der Waals surface area contributed by atoms with Crippen LogP contribution in [-0.2, 0) is 11.3 Å². The van der Waals surface area contributed by atoms with Gasteiger partial charge in [-0.2, -0.15) is 0 Å². The number of piperazine rings is 1. The molecule has 0 saturated carbocycles. The molecule has 0 unspecified atom stereocenters. The third-order valence-electron chi connectivity index (χ3n) is 4.46. The van der Waals surface area contributed by atoms with Crippen LogP contribution in [0.2, 0.25) is 5.02 Å². The van der Waals surface area contributed by atoms with Crippen molar-refractivity contribution in [2.45, 2.75) is 26.4 Å². The van der Waals surface area contributed by atoms with Crippen LogP contribution in [0.3, 0.4) is 0 Å². The molecule has 1 aliphatic heterocycles. The summed E-state index contributed by atoms with van der Waals surface area (Å²) < 4.78 is 13.3. The number of hydrogen-bond donors (Lipinski definition) is 0. The van der Waals surface area contributed by atoms with Gasteiger partial charge >= 0.3 is 0 Å². The van der Waals surface area contributed by atoms with Crippen molar-refractivity contribution in [2.24, 2.45) is 0 Å². The normalized spacial score (nSPS) is 18.9. The Balaban J connectivity index is 1.74. The quantitative estimate of drug-likeness (QED) is 0.838. The Labute approximate surface area is 146 Å². The van der Waals surface area contributed by atoms with Gasteiger partial charge < -0.3 is 4.90 Å². The zero-order valence-corrected chi connectivity index (χ0v) is 14.6. The number of hydrogen-bond acceptors (Lipinski definition) is 2. The monoisotopic (exact) mass is 346 g/mol. The zero-order valence-electron chi connectivity index (χ0n) is 13.8. The van der Waals surface area contributed by atoms with E-state index >= 15 is 0 Å². The summed E-state index contributed by atoms with van der Waals surface area (Å²) in [5, 5.41) is 0.0372. The van der Waals surface area contributed by atoms with Crippen molar-refractivity contribution in [3.05, 3.63) is 64.4 Å². The second kappa shape index (κ2) is 6.91. The Morgan fingerprint density at radius 2 is 2.00 bits per heavy atom. The number of halogens is 2. The minimum Gasteiger partial charge on any atom is -0.310 e. The van der Waals surface area contributed by atoms with E-state index in [0.717, 1.165) is 13.1 Å². The summed E-state index contributed by atoms with van der Waals surface area (Å²) in [6.45, 7) is 6.04. The number of aryl methyl sites for hydroxylation is 1. The minimum atomic E-state index is -0.473. The summed E-state index contributed by atoms with van der Waals surface area (Å²) in [5.41, 5.74) is 3.06. The van der Waals surface area contributed by atoms with Crippen LogP contribution in [0.15, 0.2) is 42.5 Å². The molecule has 0 spiro atoms. The van der Waals surface area contributed by atoms with E-state index in [4.69, 9.17) is 11.6 Å². The number of carbonyl (C=O) groups is 1. The molecule has 1 saturated heterocycles. The molecular formula is C19H20ClFN2O. The van der Waals surface area contributed by atoms with Crippen molar-refractivity contribution in [1.29, 1.82) is 0 Å². The molecule has 0 aromatic heterocycles. The molecule has 1 atom stereocenters. The SMILES string of the molecule is Cc1cccc(CN2CCN(c3ccc(F)c(Cl)c3)C(=O)[C@H]2C)c1. The molecule has 1 aliphatic rings. The van der Waals surface area contributed by atoms with Gasteiger partial charge in [0.25, 0.3) is 0 Å². The third kappa shape index (κ3) is 3.45. The first-order chi connectivity index (χ1) is 11.5. The van der Waals surface area contributed by atoms with Crippen LogP contribution in [-0.4, -0.2) is 29.9 Å². The molecule has 1 fully saturated rings. The van der Waals surface area contributed by atoms with Gasteiger partial charge in [-0.3, -0.25) is 9.69 Å². The average Bonchev–Trinajstić information content (AvgIpc) is 2.55. The summed E-state index contributed by atoms with van der Waals surface area (Å²) in [7, 11) is 0. The zero-order chi connectivity index (χ0) is 17.3. The van der Waals surface area contributed by atoms with Crippen LogP contribution in [0.25, 0.3) is 0 Å². The van der Waals surface area contributed by atoms with Gasteiger partial charge in [0, 0.05) is 25.3 Å². The Bertz CT molecular complexity index is 765. The predicted octanol–water partition coefficient (Wildman–Crippen LogP) is 4.02. The van der Waals surface area contributed by atoms with E-state index in [1.54, 1.807) is 11.0 Å². The number of anilines is 1. The average molecular weight is 347 g/mol. The van der Waals surface area contributed by atoms with E-state index in [1.165, 1.54) is 23.3 Å². The maximum Gasteiger partial charge on any atom is 0.244 e. The van der Waals surface area contributed by atoms with E-state index in [9.17, 15) is 9.18 Å². The molecule has 3 nitrogen and oxygen atoms in total. The fourth-order valence-electron chi connectivity index (χ4n) is 3.08. The first kappa shape index (κ1) is 16.9. The lowest BCUT2D eigenvalue weighted by molar-refractivity contribution is -0.125. The van der Waals surface area contributed by atoms with Crippen molar-refractivity contribution < 1.29 is 9.18 Å². The van der Waals surface area contributed by atoms with Crippen molar-refractivity contribution in [3.8, 4) is 0 Å². The van der Waals surface area contributed by atoms with E-state index in [-0.39, 0.29) is 17.0 Å². The number of amides is 1. The molecule has 3 rings (SSSR count). The first-order valence-corrected chi connectivity index (χ1v) is 8.39. The molecule has 24 heavy (non-hydrogen) atoms. The maximum atomic E-state index is 13.3. The number of carbonyl (C=O) groups excluding carboxylic acids is 1. The van der Waals surface area contributed by atoms with Crippen LogP contribution < -0.4 is 4.90 Å². The van der Waals surface area contributed by atoms with Gasteiger partial charge in [0.05, 0.1) is 11.1 Å². The van der Waals surface area contributed by atoms with E-state index in [1.807, 2.05) is 13.0 Å². The van der Waals surface area contributed by atoms with Crippen LogP contribution in [0.1, 0.15) is 18.1 Å². The highest BCUT2D eigenvalue weighted by Gasteiger charge is 2.32. The van der Waals surface area contributed by atoms with Crippen molar-refractivity contribution in [3.63, 3.8) is 0 Å². The molecular weight excluding hydrogens is 327 g/mol. The molecule has 2 aromatic carbocycles. The summed E-state index contributed by atoms with van der Waals surface area (Å²) in [6.07, 6.45) is 0. The van der Waals surface area contributed by atoms with E-state index < -0.39 is 5.82 Å². The first-order valence-electron chi connectivity index (χ1n) is 8.02. The molecule has 1 amide bonds. The van der Waals surface area contributed by atoms with E-state index in [0.29, 0.717) is 12.2 Å². The summed E-state index contributed by atoms with van der Waals surface area (Å²) in [5.74, 6) is -0.462. The van der Waals surface area contributed by atoms with Crippen LogP contribution >= 0.6 is 11.6 Å². The molecule has 5 heteroatoms. The van der Waals surface area contributed by atoms with Crippen LogP contribution in [0.4, 0.5) is 10.1 Å². The van der Waals surface area contributed by atoms with Gasteiger partial charge in [0.2, 0.25) is 5.91 Å². The topological polar surface area (TPSA) is 23.6 Å². The standard InChI is InChI=1S/C19H20ClFN2O/c1-13-4-3-5-15(10-13)12-22-8-9-23(19(24)14(22)2)16-6-7-18(21)17(20)11-16/h3-7,10-11,14H,8-9,12H2,1-2H3/t14-/m1/s1. The highest BCUT2D eigenvalue weighted by atomic mass is 35.5. The predicted molar refractivity (Wildman–Crippen MR) is 94.8 cm³/mol. The van der Waals surface area contributed by atoms with Crippen molar-refractivity contribution >= 4 is 23.2 Å². The lowest BCUT2D eigenvalue weighted by atomic mass is 10.1. The minimum absolute atomic E-state index is 0.0107. The van der Waals surface area contributed by atoms with Gasteiger partial charge in [0.15, 0.2) is 0 Å². The molecule has 0 aliphatic carbocycles. The lowest BCUT2D eigenvalue weighted by Crippen LogP contribution is -2.55. The lowest BCUT2D eigenvalue weighted by Gasteiger charge is -2.39. The molecule has 126 valence electrons. The second-order valence-electron chi connectivity index (χ2n) is 6.22. The van der Waals surface area contributed by atoms with Gasteiger partial charge in [0.1, 0.15) is 5.82 Å². The van der Waals surface area contributed by atoms with Crippen molar-refractivity contribution in [2.75, 3.05) is 18.0 Å². The summed E-state index contributed by atoms with van der Waals surface area (Å²) in [6, 6.07) is 12.5. The largest absolute Gasteiger partial charge is 0.310 e. The van der Waals surface area contributed by atoms with Gasteiger partial charge in [-0.25, -0.2) is 4.39 Å². The fourth-order valence-corrected chi connectivity index (χ4v) is 3.26. The smallest absolute Gasteiger partial charge is 0.244 e. The van der Waals surface area contributed by atoms with Crippen LogP contribution in [0, 0.1) is 12.7 Å². The number of benzene rings is 2. The Kier molecular flexibility index (Phi) is 4.88. The molecule has 0 radical (unpaired) electrons. The Morgan fingerprint density at radius 1 is 1.21 bits per heavy atom. The molecule has 0 N–H and O–H groups in total. The molecule has 0 bridgehead atoms. The number of rotatable bonds is 3. The van der Waals surface area contributed by atoms with Crippen LogP contribution in [0.5, 0.6) is 0 Å². The Hall–Kier alpha value is -1.91. The van der Waals surface area contributed by atoms with Gasteiger partial charge in [-0.05, 0) is 37.6 Å². The highest BCUT2D eigenvalue weighted by molar-refractivity contribution is 6.31. The van der Waals surface area contributed by atoms with Gasteiger partial charge in [-0.15, -0.1) is 0 Å².